The second-order valence-electron chi connectivity index (χ2n) is 6.68. The van der Waals surface area contributed by atoms with Crippen molar-refractivity contribution in [2.24, 2.45) is 5.92 Å². The molecule has 2 rings (SSSR count). The van der Waals surface area contributed by atoms with Crippen molar-refractivity contribution in [3.8, 4) is 0 Å². The van der Waals surface area contributed by atoms with E-state index >= 15 is 0 Å². The molecular formula is C16H28N2O3. The third-order valence-electron chi connectivity index (χ3n) is 4.91. The Labute approximate surface area is 126 Å². The van der Waals surface area contributed by atoms with Gasteiger partial charge < -0.3 is 15.7 Å². The highest BCUT2D eigenvalue weighted by Gasteiger charge is 2.34. The number of carbonyl (C=O) groups excluding carboxylic acids is 2. The van der Waals surface area contributed by atoms with Gasteiger partial charge in [0.05, 0.1) is 18.7 Å². The van der Waals surface area contributed by atoms with Crippen molar-refractivity contribution in [1.29, 1.82) is 0 Å². The molecule has 5 nitrogen and oxygen atoms in total. The molecule has 0 atom stereocenters. The lowest BCUT2D eigenvalue weighted by atomic mass is 9.87. The van der Waals surface area contributed by atoms with Crippen molar-refractivity contribution in [3.05, 3.63) is 0 Å². The molecule has 0 bridgehead atoms. The molecule has 0 spiro atoms. The zero-order chi connectivity index (χ0) is 15.1. The van der Waals surface area contributed by atoms with Gasteiger partial charge in [0.2, 0.25) is 11.8 Å². The molecule has 2 aliphatic rings. The molecule has 2 fully saturated rings. The Kier molecular flexibility index (Phi) is 6.03. The summed E-state index contributed by atoms with van der Waals surface area (Å²) < 4.78 is 0. The third-order valence-corrected chi connectivity index (χ3v) is 4.91. The van der Waals surface area contributed by atoms with Gasteiger partial charge in [-0.25, -0.2) is 0 Å². The normalized spacial score (nSPS) is 22.0. The monoisotopic (exact) mass is 296 g/mol. The minimum Gasteiger partial charge on any atom is -0.394 e. The van der Waals surface area contributed by atoms with Crippen LogP contribution in [0.15, 0.2) is 0 Å². The molecule has 0 unspecified atom stereocenters. The molecule has 0 saturated heterocycles. The lowest BCUT2D eigenvalue weighted by molar-refractivity contribution is -0.128. The average Bonchev–Trinajstić information content (AvgIpc) is 2.95. The Morgan fingerprint density at radius 2 is 1.67 bits per heavy atom. The van der Waals surface area contributed by atoms with Gasteiger partial charge >= 0.3 is 0 Å². The van der Waals surface area contributed by atoms with Crippen LogP contribution in [0.25, 0.3) is 0 Å². The van der Waals surface area contributed by atoms with E-state index < -0.39 is 5.54 Å². The van der Waals surface area contributed by atoms with E-state index in [0.717, 1.165) is 38.5 Å². The van der Waals surface area contributed by atoms with Crippen LogP contribution < -0.4 is 10.6 Å². The lowest BCUT2D eigenvalue weighted by Crippen LogP contribution is -2.52. The van der Waals surface area contributed by atoms with Crippen molar-refractivity contribution in [3.63, 3.8) is 0 Å². The van der Waals surface area contributed by atoms with Gasteiger partial charge in [0.15, 0.2) is 0 Å². The number of aliphatic hydroxyl groups is 1. The highest BCUT2D eigenvalue weighted by atomic mass is 16.3. The van der Waals surface area contributed by atoms with Crippen LogP contribution in [0.5, 0.6) is 0 Å². The van der Waals surface area contributed by atoms with Gasteiger partial charge in [0, 0.05) is 6.42 Å². The molecule has 120 valence electrons. The van der Waals surface area contributed by atoms with E-state index in [2.05, 4.69) is 10.6 Å². The SMILES string of the molecule is O=C(CC1CCCCC1)NCC(=O)NC1(CO)CCCC1. The van der Waals surface area contributed by atoms with Crippen LogP contribution in [0.2, 0.25) is 0 Å². The minimum absolute atomic E-state index is 0.0191. The maximum Gasteiger partial charge on any atom is 0.239 e. The summed E-state index contributed by atoms with van der Waals surface area (Å²) in [6, 6.07) is 0. The van der Waals surface area contributed by atoms with Gasteiger partial charge in [-0.15, -0.1) is 0 Å². The summed E-state index contributed by atoms with van der Waals surface area (Å²) in [4.78, 5) is 23.8. The van der Waals surface area contributed by atoms with Gasteiger partial charge in [-0.3, -0.25) is 9.59 Å². The highest BCUT2D eigenvalue weighted by molar-refractivity contribution is 5.85. The number of nitrogens with one attached hydrogen (secondary N) is 2. The van der Waals surface area contributed by atoms with Crippen LogP contribution >= 0.6 is 0 Å². The Morgan fingerprint density at radius 3 is 2.29 bits per heavy atom. The maximum absolute atomic E-state index is 11.9. The molecule has 0 aromatic carbocycles. The molecule has 2 aliphatic carbocycles. The molecule has 0 heterocycles. The Balaban J connectivity index is 1.67. The number of carbonyl (C=O) groups is 2. The van der Waals surface area contributed by atoms with Gasteiger partial charge in [0.1, 0.15) is 0 Å². The topological polar surface area (TPSA) is 78.4 Å². The molecule has 2 saturated carbocycles. The Bertz CT molecular complexity index is 359. The summed E-state index contributed by atoms with van der Waals surface area (Å²) in [6.45, 7) is 0.00205. The standard InChI is InChI=1S/C16H28N2O3/c19-12-16(8-4-5-9-16)18-15(21)11-17-14(20)10-13-6-2-1-3-7-13/h13,19H,1-12H2,(H,17,20)(H,18,21). The van der Waals surface area contributed by atoms with Crippen molar-refractivity contribution in [2.75, 3.05) is 13.2 Å². The summed E-state index contributed by atoms with van der Waals surface area (Å²) in [5, 5.41) is 15.1. The van der Waals surface area contributed by atoms with Crippen LogP contribution in [0.3, 0.4) is 0 Å². The van der Waals surface area contributed by atoms with Crippen molar-refractivity contribution in [2.45, 2.75) is 69.7 Å². The molecule has 2 amide bonds. The first-order valence-corrected chi connectivity index (χ1v) is 8.32. The van der Waals surface area contributed by atoms with Crippen LogP contribution in [-0.4, -0.2) is 35.6 Å². The fourth-order valence-corrected chi connectivity index (χ4v) is 3.62. The second-order valence-corrected chi connectivity index (χ2v) is 6.68. The van der Waals surface area contributed by atoms with Crippen LogP contribution in [0.1, 0.15) is 64.2 Å². The van der Waals surface area contributed by atoms with E-state index in [1.54, 1.807) is 0 Å². The fraction of sp³-hybridized carbons (Fsp3) is 0.875. The fourth-order valence-electron chi connectivity index (χ4n) is 3.62. The first-order chi connectivity index (χ1) is 10.1. The quantitative estimate of drug-likeness (QED) is 0.695. The van der Waals surface area contributed by atoms with E-state index in [0.29, 0.717) is 12.3 Å². The first kappa shape index (κ1) is 16.3. The lowest BCUT2D eigenvalue weighted by Gasteiger charge is -2.28. The first-order valence-electron chi connectivity index (χ1n) is 8.32. The predicted molar refractivity (Wildman–Crippen MR) is 80.6 cm³/mol. The van der Waals surface area contributed by atoms with E-state index in [-0.39, 0.29) is 25.0 Å². The minimum atomic E-state index is -0.453. The Hall–Kier alpha value is -1.10. The van der Waals surface area contributed by atoms with Gasteiger partial charge in [-0.05, 0) is 31.6 Å². The number of hydrogen-bond donors (Lipinski definition) is 3. The van der Waals surface area contributed by atoms with Crippen molar-refractivity contribution in [1.82, 2.24) is 10.6 Å². The molecule has 3 N–H and O–H groups in total. The smallest absolute Gasteiger partial charge is 0.239 e. The van der Waals surface area contributed by atoms with Gasteiger partial charge in [0.25, 0.3) is 0 Å². The molecule has 5 heteroatoms. The second kappa shape index (κ2) is 7.78. The van der Waals surface area contributed by atoms with Gasteiger partial charge in [-0.2, -0.15) is 0 Å². The summed E-state index contributed by atoms with van der Waals surface area (Å²) in [6.07, 6.45) is 10.2. The predicted octanol–water partition coefficient (Wildman–Crippen LogP) is 1.49. The summed E-state index contributed by atoms with van der Waals surface area (Å²) in [5.74, 6) is 0.268. The van der Waals surface area contributed by atoms with Gasteiger partial charge in [-0.1, -0.05) is 32.1 Å². The molecule has 0 aromatic heterocycles. The third kappa shape index (κ3) is 4.99. The largest absolute Gasteiger partial charge is 0.394 e. The number of amides is 2. The Morgan fingerprint density at radius 1 is 1.00 bits per heavy atom. The zero-order valence-corrected chi connectivity index (χ0v) is 12.8. The van der Waals surface area contributed by atoms with Crippen LogP contribution in [-0.2, 0) is 9.59 Å². The average molecular weight is 296 g/mol. The van der Waals surface area contributed by atoms with Crippen LogP contribution in [0, 0.1) is 5.92 Å². The van der Waals surface area contributed by atoms with Crippen LogP contribution in [0.4, 0.5) is 0 Å². The highest BCUT2D eigenvalue weighted by Crippen LogP contribution is 2.29. The number of aliphatic hydroxyl groups excluding tert-OH is 1. The van der Waals surface area contributed by atoms with Crippen molar-refractivity contribution >= 4 is 11.8 Å². The van der Waals surface area contributed by atoms with E-state index in [9.17, 15) is 14.7 Å². The summed E-state index contributed by atoms with van der Waals surface area (Å²) >= 11 is 0. The van der Waals surface area contributed by atoms with E-state index in [1.807, 2.05) is 0 Å². The molecular weight excluding hydrogens is 268 g/mol. The molecule has 0 aromatic rings. The number of rotatable bonds is 6. The summed E-state index contributed by atoms with van der Waals surface area (Å²) in [7, 11) is 0. The zero-order valence-electron chi connectivity index (χ0n) is 12.8. The molecule has 21 heavy (non-hydrogen) atoms. The number of hydrogen-bond acceptors (Lipinski definition) is 3. The molecule has 0 aliphatic heterocycles. The van der Waals surface area contributed by atoms with Crippen molar-refractivity contribution < 1.29 is 14.7 Å². The summed E-state index contributed by atoms with van der Waals surface area (Å²) in [5.41, 5.74) is -0.453. The van der Waals surface area contributed by atoms with E-state index in [1.165, 1.54) is 19.3 Å². The maximum atomic E-state index is 11.9. The molecule has 0 radical (unpaired) electrons. The van der Waals surface area contributed by atoms with E-state index in [4.69, 9.17) is 0 Å².